The average Bonchev–Trinajstić information content (AvgIpc) is 2.38. The second-order valence-corrected chi connectivity index (χ2v) is 5.27. The Morgan fingerprint density at radius 2 is 2.35 bits per heavy atom. The first-order valence-electron chi connectivity index (χ1n) is 5.73. The standard InChI is InChI=1S/C11H17ClN4S/c1-13-8-4-3-5-16(7-8)10-6-9(12)14-11(15-10)17-2/h6,8,13H,3-5,7H2,1-2H3. The van der Waals surface area contributed by atoms with Crippen LogP contribution in [0.2, 0.25) is 5.15 Å². The number of likely N-dealkylation sites (N-methyl/N-ethyl adjacent to an activating group) is 1. The molecule has 0 spiro atoms. The van der Waals surface area contributed by atoms with Gasteiger partial charge in [-0.05, 0) is 26.1 Å². The Morgan fingerprint density at radius 1 is 1.53 bits per heavy atom. The van der Waals surface area contributed by atoms with Crippen LogP contribution in [0.1, 0.15) is 12.8 Å². The molecule has 1 aromatic rings. The van der Waals surface area contributed by atoms with Crippen LogP contribution in [0, 0.1) is 0 Å². The van der Waals surface area contributed by atoms with E-state index < -0.39 is 0 Å². The lowest BCUT2D eigenvalue weighted by Gasteiger charge is -2.33. The Balaban J connectivity index is 2.18. The normalized spacial score (nSPS) is 20.6. The zero-order chi connectivity index (χ0) is 12.3. The van der Waals surface area contributed by atoms with E-state index in [0.29, 0.717) is 11.2 Å². The van der Waals surface area contributed by atoms with E-state index in [1.54, 1.807) is 0 Å². The Morgan fingerprint density at radius 3 is 3.06 bits per heavy atom. The van der Waals surface area contributed by atoms with Gasteiger partial charge in [0.2, 0.25) is 0 Å². The summed E-state index contributed by atoms with van der Waals surface area (Å²) < 4.78 is 0. The molecule has 0 saturated carbocycles. The summed E-state index contributed by atoms with van der Waals surface area (Å²) in [6.07, 6.45) is 4.37. The maximum absolute atomic E-state index is 6.01. The van der Waals surface area contributed by atoms with Gasteiger partial charge >= 0.3 is 0 Å². The number of hydrogen-bond donors (Lipinski definition) is 1. The highest BCUT2D eigenvalue weighted by Gasteiger charge is 2.20. The molecule has 0 bridgehead atoms. The van der Waals surface area contributed by atoms with E-state index in [1.165, 1.54) is 24.6 Å². The van der Waals surface area contributed by atoms with Crippen molar-refractivity contribution in [3.8, 4) is 0 Å². The van der Waals surface area contributed by atoms with Gasteiger partial charge in [-0.3, -0.25) is 0 Å². The molecule has 94 valence electrons. The minimum atomic E-state index is 0.519. The van der Waals surface area contributed by atoms with Gasteiger partial charge in [-0.2, -0.15) is 0 Å². The molecular formula is C11H17ClN4S. The Bertz CT molecular complexity index is 388. The van der Waals surface area contributed by atoms with E-state index in [2.05, 4.69) is 20.2 Å². The van der Waals surface area contributed by atoms with Gasteiger partial charge in [0.25, 0.3) is 0 Å². The third kappa shape index (κ3) is 3.24. The third-order valence-electron chi connectivity index (χ3n) is 3.00. The molecule has 1 fully saturated rings. The molecule has 2 heterocycles. The van der Waals surface area contributed by atoms with Crippen molar-refractivity contribution < 1.29 is 0 Å². The summed E-state index contributed by atoms with van der Waals surface area (Å²) >= 11 is 7.53. The first-order valence-corrected chi connectivity index (χ1v) is 7.34. The molecule has 2 rings (SSSR count). The molecule has 0 amide bonds. The van der Waals surface area contributed by atoms with Crippen LogP contribution in [0.5, 0.6) is 0 Å². The van der Waals surface area contributed by atoms with Crippen molar-refractivity contribution in [1.82, 2.24) is 15.3 Å². The van der Waals surface area contributed by atoms with Gasteiger partial charge in [-0.25, -0.2) is 9.97 Å². The van der Waals surface area contributed by atoms with Crippen molar-refractivity contribution >= 4 is 29.2 Å². The molecule has 0 radical (unpaired) electrons. The van der Waals surface area contributed by atoms with Crippen LogP contribution >= 0.6 is 23.4 Å². The minimum absolute atomic E-state index is 0.519. The molecule has 1 atom stereocenters. The van der Waals surface area contributed by atoms with E-state index in [1.807, 2.05) is 19.4 Å². The first-order chi connectivity index (χ1) is 8.22. The molecule has 1 aromatic heterocycles. The quantitative estimate of drug-likeness (QED) is 0.518. The number of halogens is 1. The molecule has 1 N–H and O–H groups in total. The predicted molar refractivity (Wildman–Crippen MR) is 73.1 cm³/mol. The number of rotatable bonds is 3. The molecule has 1 aliphatic rings. The van der Waals surface area contributed by atoms with Crippen molar-refractivity contribution in [3.63, 3.8) is 0 Å². The Hall–Kier alpha value is -0.520. The number of thioether (sulfide) groups is 1. The van der Waals surface area contributed by atoms with Crippen LogP contribution in [-0.2, 0) is 0 Å². The highest BCUT2D eigenvalue weighted by Crippen LogP contribution is 2.23. The van der Waals surface area contributed by atoms with Crippen LogP contribution in [-0.4, -0.2) is 42.4 Å². The van der Waals surface area contributed by atoms with Crippen molar-refractivity contribution in [1.29, 1.82) is 0 Å². The smallest absolute Gasteiger partial charge is 0.190 e. The number of anilines is 1. The van der Waals surface area contributed by atoms with Crippen LogP contribution in [0.3, 0.4) is 0 Å². The van der Waals surface area contributed by atoms with Gasteiger partial charge in [0, 0.05) is 25.2 Å². The van der Waals surface area contributed by atoms with Crippen LogP contribution in [0.25, 0.3) is 0 Å². The van der Waals surface area contributed by atoms with Crippen molar-refractivity contribution in [2.24, 2.45) is 0 Å². The van der Waals surface area contributed by atoms with Gasteiger partial charge in [0.1, 0.15) is 11.0 Å². The molecule has 1 saturated heterocycles. The largest absolute Gasteiger partial charge is 0.355 e. The third-order valence-corrected chi connectivity index (χ3v) is 3.74. The van der Waals surface area contributed by atoms with E-state index in [-0.39, 0.29) is 0 Å². The van der Waals surface area contributed by atoms with E-state index in [0.717, 1.165) is 24.1 Å². The second kappa shape index (κ2) is 5.89. The van der Waals surface area contributed by atoms with Gasteiger partial charge in [0.05, 0.1) is 0 Å². The summed E-state index contributed by atoms with van der Waals surface area (Å²) in [6, 6.07) is 2.38. The Kier molecular flexibility index (Phi) is 4.48. The summed E-state index contributed by atoms with van der Waals surface area (Å²) in [6.45, 7) is 2.02. The van der Waals surface area contributed by atoms with Crippen LogP contribution in [0.4, 0.5) is 5.82 Å². The predicted octanol–water partition coefficient (Wildman–Crippen LogP) is 2.04. The minimum Gasteiger partial charge on any atom is -0.355 e. The van der Waals surface area contributed by atoms with Crippen molar-refractivity contribution in [2.75, 3.05) is 31.3 Å². The molecule has 1 aliphatic heterocycles. The van der Waals surface area contributed by atoms with Crippen molar-refractivity contribution in [3.05, 3.63) is 11.2 Å². The molecule has 6 heteroatoms. The number of nitrogens with zero attached hydrogens (tertiary/aromatic N) is 3. The molecule has 0 aliphatic carbocycles. The summed E-state index contributed by atoms with van der Waals surface area (Å²) in [5.41, 5.74) is 0. The number of nitrogens with one attached hydrogen (secondary N) is 1. The summed E-state index contributed by atoms with van der Waals surface area (Å²) in [5.74, 6) is 0.939. The lowest BCUT2D eigenvalue weighted by atomic mass is 10.1. The monoisotopic (exact) mass is 272 g/mol. The lowest BCUT2D eigenvalue weighted by molar-refractivity contribution is 0.447. The number of piperidine rings is 1. The van der Waals surface area contributed by atoms with Gasteiger partial charge in [-0.1, -0.05) is 23.4 Å². The second-order valence-electron chi connectivity index (χ2n) is 4.11. The highest BCUT2D eigenvalue weighted by molar-refractivity contribution is 7.98. The van der Waals surface area contributed by atoms with Crippen molar-refractivity contribution in [2.45, 2.75) is 24.0 Å². The number of aromatic nitrogens is 2. The molecule has 17 heavy (non-hydrogen) atoms. The molecule has 4 nitrogen and oxygen atoms in total. The summed E-state index contributed by atoms with van der Waals surface area (Å²) in [7, 11) is 2.01. The van der Waals surface area contributed by atoms with Gasteiger partial charge < -0.3 is 10.2 Å². The fourth-order valence-corrected chi connectivity index (χ4v) is 2.66. The molecule has 0 aromatic carbocycles. The van der Waals surface area contributed by atoms with Gasteiger partial charge in [-0.15, -0.1) is 0 Å². The highest BCUT2D eigenvalue weighted by atomic mass is 35.5. The fraction of sp³-hybridized carbons (Fsp3) is 0.636. The first kappa shape index (κ1) is 12.9. The van der Waals surface area contributed by atoms with Gasteiger partial charge in [0.15, 0.2) is 5.16 Å². The fourth-order valence-electron chi connectivity index (χ4n) is 2.06. The average molecular weight is 273 g/mol. The maximum atomic E-state index is 6.01. The summed E-state index contributed by atoms with van der Waals surface area (Å²) in [5, 5.41) is 4.58. The zero-order valence-corrected chi connectivity index (χ0v) is 11.7. The topological polar surface area (TPSA) is 41.0 Å². The SMILES string of the molecule is CNC1CCCN(c2cc(Cl)nc(SC)n2)C1. The maximum Gasteiger partial charge on any atom is 0.190 e. The summed E-state index contributed by atoms with van der Waals surface area (Å²) in [4.78, 5) is 10.9. The van der Waals surface area contributed by atoms with E-state index in [4.69, 9.17) is 11.6 Å². The molecular weight excluding hydrogens is 256 g/mol. The van der Waals surface area contributed by atoms with Crippen LogP contribution in [0.15, 0.2) is 11.2 Å². The van der Waals surface area contributed by atoms with Crippen LogP contribution < -0.4 is 10.2 Å². The Labute approximate surface area is 111 Å². The lowest BCUT2D eigenvalue weighted by Crippen LogP contribution is -2.44. The van der Waals surface area contributed by atoms with E-state index in [9.17, 15) is 0 Å². The van der Waals surface area contributed by atoms with E-state index >= 15 is 0 Å². The zero-order valence-electron chi connectivity index (χ0n) is 10.1. The number of hydrogen-bond acceptors (Lipinski definition) is 5. The molecule has 1 unspecified atom stereocenters.